The molecule has 0 saturated carbocycles. The Morgan fingerprint density at radius 3 is 2.43 bits per heavy atom. The van der Waals surface area contributed by atoms with Crippen molar-refractivity contribution in [1.29, 1.82) is 0 Å². The normalized spacial score (nSPS) is 12.0. The van der Waals surface area contributed by atoms with Gasteiger partial charge in [-0.25, -0.2) is 0 Å². The molecule has 2 aromatic carbocycles. The van der Waals surface area contributed by atoms with Gasteiger partial charge in [-0.1, -0.05) is 22.0 Å². The minimum atomic E-state index is -0.961. The summed E-state index contributed by atoms with van der Waals surface area (Å²) in [5.74, 6) is -0.397. The second-order valence-electron chi connectivity index (χ2n) is 4.33. The molecule has 7 heteroatoms. The highest BCUT2D eigenvalue weighted by atomic mass is 79.9. The molecule has 110 valence electrons. The molecule has 0 bridgehead atoms. The molecule has 5 nitrogen and oxygen atoms in total. The Labute approximate surface area is 128 Å². The molecule has 0 saturated heterocycles. The Bertz CT molecular complexity index is 691. The minimum absolute atomic E-state index is 0.148. The predicted molar refractivity (Wildman–Crippen MR) is 77.9 cm³/mol. The summed E-state index contributed by atoms with van der Waals surface area (Å²) < 4.78 is 19.6. The molecule has 0 spiro atoms. The molecule has 0 fully saturated rings. The van der Waals surface area contributed by atoms with E-state index in [-0.39, 0.29) is 5.75 Å². The summed E-state index contributed by atoms with van der Waals surface area (Å²) >= 11 is 3.30. The molecule has 0 heterocycles. The van der Waals surface area contributed by atoms with Gasteiger partial charge >= 0.3 is 5.69 Å². The van der Waals surface area contributed by atoms with Crippen LogP contribution >= 0.6 is 15.9 Å². The number of ether oxygens (including phenoxy) is 1. The van der Waals surface area contributed by atoms with Crippen molar-refractivity contribution in [2.75, 3.05) is 0 Å². The van der Waals surface area contributed by atoms with Crippen LogP contribution in [0.25, 0.3) is 0 Å². The molecule has 1 N–H and O–H groups in total. The Kier molecular flexibility index (Phi) is 4.54. The van der Waals surface area contributed by atoms with Gasteiger partial charge in [0.05, 0.1) is 11.0 Å². The Morgan fingerprint density at radius 2 is 1.90 bits per heavy atom. The number of benzene rings is 2. The highest BCUT2D eigenvalue weighted by molar-refractivity contribution is 9.10. The summed E-state index contributed by atoms with van der Waals surface area (Å²) in [6.45, 7) is 1.63. The number of aliphatic hydroxyl groups excluding tert-OH is 1. The highest BCUT2D eigenvalue weighted by Crippen LogP contribution is 2.31. The van der Waals surface area contributed by atoms with Crippen LogP contribution in [-0.4, -0.2) is 10.0 Å². The van der Waals surface area contributed by atoms with Gasteiger partial charge in [0.15, 0.2) is 0 Å². The van der Waals surface area contributed by atoms with Crippen LogP contribution in [0, 0.1) is 15.9 Å². The van der Waals surface area contributed by atoms with E-state index in [9.17, 15) is 19.6 Å². The lowest BCUT2D eigenvalue weighted by Gasteiger charge is -2.10. The number of rotatable bonds is 4. The van der Waals surface area contributed by atoms with Crippen molar-refractivity contribution >= 4 is 21.6 Å². The summed E-state index contributed by atoms with van der Waals surface area (Å²) in [6.07, 6.45) is -0.634. The molecular formula is C14H11BrFNO4. The Hall–Kier alpha value is -1.99. The molecule has 21 heavy (non-hydrogen) atoms. The molecule has 0 aliphatic heterocycles. The maximum Gasteiger partial charge on any atom is 0.305 e. The van der Waals surface area contributed by atoms with Crippen LogP contribution in [0.15, 0.2) is 40.9 Å². The summed E-state index contributed by atoms with van der Waals surface area (Å²) in [4.78, 5) is 9.73. The first-order chi connectivity index (χ1) is 9.88. The second kappa shape index (κ2) is 6.19. The van der Waals surface area contributed by atoms with Crippen LogP contribution in [0.3, 0.4) is 0 Å². The van der Waals surface area contributed by atoms with Gasteiger partial charge in [0.2, 0.25) is 5.82 Å². The third kappa shape index (κ3) is 3.56. The zero-order valence-electron chi connectivity index (χ0n) is 10.9. The zero-order valence-corrected chi connectivity index (χ0v) is 12.5. The average Bonchev–Trinajstić information content (AvgIpc) is 2.37. The van der Waals surface area contributed by atoms with E-state index in [1.54, 1.807) is 25.1 Å². The van der Waals surface area contributed by atoms with E-state index in [1.807, 2.05) is 0 Å². The average molecular weight is 356 g/mol. The predicted octanol–water partition coefficient (Wildman–Crippen LogP) is 4.34. The number of aliphatic hydroxyl groups is 1. The number of nitrogens with zero attached hydrogens (tertiary/aromatic N) is 1. The highest BCUT2D eigenvalue weighted by Gasteiger charge is 2.15. The fourth-order valence-corrected chi connectivity index (χ4v) is 2.43. The van der Waals surface area contributed by atoms with E-state index in [0.717, 1.165) is 12.1 Å². The first kappa shape index (κ1) is 15.4. The van der Waals surface area contributed by atoms with E-state index < -0.39 is 22.5 Å². The number of hydrogen-bond acceptors (Lipinski definition) is 4. The fourth-order valence-electron chi connectivity index (χ4n) is 1.75. The van der Waals surface area contributed by atoms with Crippen molar-refractivity contribution in [3.05, 3.63) is 62.4 Å². The Morgan fingerprint density at radius 1 is 1.29 bits per heavy atom. The van der Waals surface area contributed by atoms with Crippen LogP contribution in [-0.2, 0) is 0 Å². The number of nitro benzene ring substituents is 1. The van der Waals surface area contributed by atoms with Crippen molar-refractivity contribution in [3.63, 3.8) is 0 Å². The van der Waals surface area contributed by atoms with E-state index in [1.165, 1.54) is 6.07 Å². The summed E-state index contributed by atoms with van der Waals surface area (Å²) in [7, 11) is 0. The van der Waals surface area contributed by atoms with Crippen molar-refractivity contribution < 1.29 is 19.2 Å². The van der Waals surface area contributed by atoms with Crippen LogP contribution in [0.1, 0.15) is 18.6 Å². The lowest BCUT2D eigenvalue weighted by Crippen LogP contribution is -1.95. The molecule has 2 rings (SSSR count). The lowest BCUT2D eigenvalue weighted by molar-refractivity contribution is -0.387. The Balaban J connectivity index is 2.24. The lowest BCUT2D eigenvalue weighted by atomic mass is 10.1. The first-order valence-corrected chi connectivity index (χ1v) is 6.77. The standard InChI is InChI=1S/C14H11BrFNO4/c1-8(18)11-4-2-9(6-12(11)15)21-10-3-5-14(17(19)20)13(16)7-10/h2-8,18H,1H3. The monoisotopic (exact) mass is 355 g/mol. The molecule has 2 aromatic rings. The van der Waals surface area contributed by atoms with Crippen molar-refractivity contribution in [1.82, 2.24) is 0 Å². The maximum atomic E-state index is 13.5. The van der Waals surface area contributed by atoms with Gasteiger partial charge in [0.25, 0.3) is 0 Å². The number of hydrogen-bond donors (Lipinski definition) is 1. The first-order valence-electron chi connectivity index (χ1n) is 5.98. The maximum absolute atomic E-state index is 13.5. The van der Waals surface area contributed by atoms with Crippen LogP contribution in [0.2, 0.25) is 0 Å². The van der Waals surface area contributed by atoms with Gasteiger partial charge in [-0.3, -0.25) is 10.1 Å². The molecule has 1 unspecified atom stereocenters. The van der Waals surface area contributed by atoms with Gasteiger partial charge in [-0.05, 0) is 30.7 Å². The van der Waals surface area contributed by atoms with Crippen molar-refractivity contribution in [2.45, 2.75) is 13.0 Å². The molecule has 0 amide bonds. The van der Waals surface area contributed by atoms with Gasteiger partial charge in [-0.15, -0.1) is 0 Å². The van der Waals surface area contributed by atoms with Crippen molar-refractivity contribution in [3.8, 4) is 11.5 Å². The second-order valence-corrected chi connectivity index (χ2v) is 5.19. The molecular weight excluding hydrogens is 345 g/mol. The quantitative estimate of drug-likeness (QED) is 0.653. The van der Waals surface area contributed by atoms with E-state index in [4.69, 9.17) is 4.74 Å². The minimum Gasteiger partial charge on any atom is -0.457 e. The number of halogens is 2. The van der Waals surface area contributed by atoms with E-state index in [0.29, 0.717) is 15.8 Å². The zero-order chi connectivity index (χ0) is 15.6. The molecule has 0 aromatic heterocycles. The molecule has 0 aliphatic carbocycles. The van der Waals surface area contributed by atoms with Crippen LogP contribution in [0.4, 0.5) is 10.1 Å². The summed E-state index contributed by atoms with van der Waals surface area (Å²) in [5, 5.41) is 20.1. The van der Waals surface area contributed by atoms with Crippen LogP contribution in [0.5, 0.6) is 11.5 Å². The summed E-state index contributed by atoms with van der Waals surface area (Å²) in [6, 6.07) is 8.23. The third-order valence-corrected chi connectivity index (χ3v) is 3.46. The van der Waals surface area contributed by atoms with E-state index >= 15 is 0 Å². The molecule has 0 radical (unpaired) electrons. The topological polar surface area (TPSA) is 72.6 Å². The van der Waals surface area contributed by atoms with Crippen molar-refractivity contribution in [2.24, 2.45) is 0 Å². The van der Waals surface area contributed by atoms with Gasteiger partial charge in [-0.2, -0.15) is 4.39 Å². The van der Waals surface area contributed by atoms with Gasteiger partial charge in [0, 0.05) is 16.6 Å². The number of nitro groups is 1. The van der Waals surface area contributed by atoms with E-state index in [2.05, 4.69) is 15.9 Å². The molecule has 1 atom stereocenters. The SMILES string of the molecule is CC(O)c1ccc(Oc2ccc([N+](=O)[O-])c(F)c2)cc1Br. The fraction of sp³-hybridized carbons (Fsp3) is 0.143. The third-order valence-electron chi connectivity index (χ3n) is 2.77. The van der Waals surface area contributed by atoms with Gasteiger partial charge < -0.3 is 9.84 Å². The smallest absolute Gasteiger partial charge is 0.305 e. The van der Waals surface area contributed by atoms with Gasteiger partial charge in [0.1, 0.15) is 11.5 Å². The van der Waals surface area contributed by atoms with Crippen LogP contribution < -0.4 is 4.74 Å². The largest absolute Gasteiger partial charge is 0.457 e. The summed E-state index contributed by atoms with van der Waals surface area (Å²) in [5.41, 5.74) is 0.0882. The molecule has 0 aliphatic rings.